The van der Waals surface area contributed by atoms with E-state index in [1.807, 2.05) is 24.3 Å². The quantitative estimate of drug-likeness (QED) is 0.665. The molecule has 0 aliphatic carbocycles. The van der Waals surface area contributed by atoms with E-state index in [4.69, 9.17) is 0 Å². The first-order valence-electron chi connectivity index (χ1n) is 6.08. The van der Waals surface area contributed by atoms with Crippen LogP contribution in [0.15, 0.2) is 42.7 Å². The second-order valence-electron chi connectivity index (χ2n) is 4.42. The summed E-state index contributed by atoms with van der Waals surface area (Å²) in [6.45, 7) is 1.56. The molecule has 0 bridgehead atoms. The molecule has 1 aromatic carbocycles. The van der Waals surface area contributed by atoms with Gasteiger partial charge in [0.2, 0.25) is 0 Å². The highest BCUT2D eigenvalue weighted by Crippen LogP contribution is 2.34. The predicted molar refractivity (Wildman–Crippen MR) is 79.8 cm³/mol. The number of hydrogen-bond acceptors (Lipinski definition) is 4. The number of ketones is 1. The van der Waals surface area contributed by atoms with Crippen LogP contribution in [0.5, 0.6) is 0 Å². The number of aromatic nitrogens is 1. The third-order valence-electron chi connectivity index (χ3n) is 3.13. The molecule has 2 heterocycles. The van der Waals surface area contributed by atoms with Gasteiger partial charge in [-0.1, -0.05) is 18.2 Å². The standard InChI is InChI=1S/C16H10N2OS/c1-10(19)15-6-13-14(8-18-9-16(13)20-15)12-5-3-2-4-11(12)7-17/h2-6,8-9H,1H3. The van der Waals surface area contributed by atoms with E-state index < -0.39 is 0 Å². The zero-order valence-electron chi connectivity index (χ0n) is 10.8. The van der Waals surface area contributed by atoms with Gasteiger partial charge in [0.25, 0.3) is 0 Å². The van der Waals surface area contributed by atoms with Crippen LogP contribution < -0.4 is 0 Å². The Hall–Kier alpha value is -2.51. The first-order chi connectivity index (χ1) is 9.70. The van der Waals surface area contributed by atoms with E-state index >= 15 is 0 Å². The molecule has 0 fully saturated rings. The highest BCUT2D eigenvalue weighted by atomic mass is 32.1. The Bertz CT molecular complexity index is 858. The predicted octanol–water partition coefficient (Wildman–Crippen LogP) is 4.04. The maximum atomic E-state index is 11.5. The average molecular weight is 278 g/mol. The van der Waals surface area contributed by atoms with Crippen molar-refractivity contribution in [1.82, 2.24) is 4.98 Å². The molecule has 0 atom stereocenters. The minimum atomic E-state index is 0.0470. The van der Waals surface area contributed by atoms with Crippen molar-refractivity contribution in [2.75, 3.05) is 0 Å². The summed E-state index contributed by atoms with van der Waals surface area (Å²) in [5, 5.41) is 10.2. The molecule has 2 aromatic heterocycles. The number of thiophene rings is 1. The third-order valence-corrected chi connectivity index (χ3v) is 4.30. The Morgan fingerprint density at radius 3 is 2.80 bits per heavy atom. The smallest absolute Gasteiger partial charge is 0.169 e. The highest BCUT2D eigenvalue weighted by Gasteiger charge is 2.13. The molecule has 0 amide bonds. The number of carbonyl (C=O) groups is 1. The Morgan fingerprint density at radius 2 is 2.05 bits per heavy atom. The van der Waals surface area contributed by atoms with Crippen molar-refractivity contribution >= 4 is 27.2 Å². The van der Waals surface area contributed by atoms with Crippen LogP contribution >= 0.6 is 11.3 Å². The van der Waals surface area contributed by atoms with Gasteiger partial charge in [0, 0.05) is 28.9 Å². The summed E-state index contributed by atoms with van der Waals surface area (Å²) in [5.41, 5.74) is 2.35. The Kier molecular flexibility index (Phi) is 3.05. The van der Waals surface area contributed by atoms with Crippen LogP contribution in [-0.2, 0) is 0 Å². The molecule has 0 saturated heterocycles. The van der Waals surface area contributed by atoms with E-state index in [-0.39, 0.29) is 5.78 Å². The summed E-state index contributed by atoms with van der Waals surface area (Å²) in [7, 11) is 0. The lowest BCUT2D eigenvalue weighted by Crippen LogP contribution is -1.86. The van der Waals surface area contributed by atoms with Crippen molar-refractivity contribution in [3.63, 3.8) is 0 Å². The number of hydrogen-bond donors (Lipinski definition) is 0. The van der Waals surface area contributed by atoms with Crippen molar-refractivity contribution in [1.29, 1.82) is 5.26 Å². The molecule has 20 heavy (non-hydrogen) atoms. The zero-order chi connectivity index (χ0) is 14.1. The number of carbonyl (C=O) groups excluding carboxylic acids is 1. The molecule has 3 nitrogen and oxygen atoms in total. The van der Waals surface area contributed by atoms with Gasteiger partial charge in [-0.25, -0.2) is 0 Å². The fourth-order valence-corrected chi connectivity index (χ4v) is 3.11. The Morgan fingerprint density at radius 1 is 1.25 bits per heavy atom. The maximum absolute atomic E-state index is 11.5. The van der Waals surface area contributed by atoms with Gasteiger partial charge in [-0.3, -0.25) is 9.78 Å². The van der Waals surface area contributed by atoms with Gasteiger partial charge in [0.05, 0.1) is 21.2 Å². The van der Waals surface area contributed by atoms with Gasteiger partial charge < -0.3 is 0 Å². The molecule has 0 unspecified atom stereocenters. The SMILES string of the molecule is CC(=O)c1cc2c(-c3ccccc3C#N)cncc2s1. The lowest BCUT2D eigenvalue weighted by atomic mass is 9.99. The van der Waals surface area contributed by atoms with E-state index in [1.165, 1.54) is 11.3 Å². The summed E-state index contributed by atoms with van der Waals surface area (Å²) in [4.78, 5) is 16.5. The minimum absolute atomic E-state index is 0.0470. The summed E-state index contributed by atoms with van der Waals surface area (Å²) in [6.07, 6.45) is 3.50. The molecular weight excluding hydrogens is 268 g/mol. The van der Waals surface area contributed by atoms with Crippen molar-refractivity contribution in [3.05, 3.63) is 53.2 Å². The third kappa shape index (κ3) is 1.98. The molecule has 0 saturated carbocycles. The van der Waals surface area contributed by atoms with Gasteiger partial charge >= 0.3 is 0 Å². The van der Waals surface area contributed by atoms with Gasteiger partial charge in [-0.05, 0) is 19.1 Å². The van der Waals surface area contributed by atoms with Gasteiger partial charge in [0.15, 0.2) is 5.78 Å². The van der Waals surface area contributed by atoms with Crippen LogP contribution in [0.2, 0.25) is 0 Å². The largest absolute Gasteiger partial charge is 0.294 e. The van der Waals surface area contributed by atoms with E-state index in [2.05, 4.69) is 11.1 Å². The van der Waals surface area contributed by atoms with Gasteiger partial charge in [0.1, 0.15) is 0 Å². The van der Waals surface area contributed by atoms with E-state index in [0.29, 0.717) is 10.4 Å². The number of rotatable bonds is 2. The molecule has 3 aromatic rings. The van der Waals surface area contributed by atoms with Crippen LogP contribution in [0.3, 0.4) is 0 Å². The number of benzene rings is 1. The van der Waals surface area contributed by atoms with Crippen LogP contribution in [-0.4, -0.2) is 10.8 Å². The van der Waals surface area contributed by atoms with Crippen molar-refractivity contribution in [2.24, 2.45) is 0 Å². The van der Waals surface area contributed by atoms with Crippen LogP contribution in [0.4, 0.5) is 0 Å². The van der Waals surface area contributed by atoms with Crippen molar-refractivity contribution in [3.8, 4) is 17.2 Å². The van der Waals surface area contributed by atoms with Crippen LogP contribution in [0, 0.1) is 11.3 Å². The first kappa shape index (κ1) is 12.5. The highest BCUT2D eigenvalue weighted by molar-refractivity contribution is 7.20. The van der Waals surface area contributed by atoms with Crippen LogP contribution in [0.1, 0.15) is 22.2 Å². The van der Waals surface area contributed by atoms with Gasteiger partial charge in [-0.15, -0.1) is 11.3 Å². The molecule has 0 aliphatic heterocycles. The van der Waals surface area contributed by atoms with E-state index in [1.54, 1.807) is 25.4 Å². The molecule has 0 spiro atoms. The van der Waals surface area contributed by atoms with Crippen molar-refractivity contribution in [2.45, 2.75) is 6.92 Å². The fourth-order valence-electron chi connectivity index (χ4n) is 2.16. The summed E-state index contributed by atoms with van der Waals surface area (Å²) < 4.78 is 0.959. The number of fused-ring (bicyclic) bond motifs is 1. The summed E-state index contributed by atoms with van der Waals surface area (Å²) >= 11 is 1.43. The van der Waals surface area contributed by atoms with E-state index in [0.717, 1.165) is 21.2 Å². The summed E-state index contributed by atoms with van der Waals surface area (Å²) in [6, 6.07) is 11.5. The molecule has 0 N–H and O–H groups in total. The van der Waals surface area contributed by atoms with E-state index in [9.17, 15) is 10.1 Å². The zero-order valence-corrected chi connectivity index (χ0v) is 11.6. The monoisotopic (exact) mass is 278 g/mol. The molecule has 3 rings (SSSR count). The second kappa shape index (κ2) is 4.87. The number of Topliss-reactive ketones (excluding diaryl/α,β-unsaturated/α-hetero) is 1. The first-order valence-corrected chi connectivity index (χ1v) is 6.90. The molecule has 4 heteroatoms. The minimum Gasteiger partial charge on any atom is -0.294 e. The molecule has 0 radical (unpaired) electrons. The lowest BCUT2D eigenvalue weighted by Gasteiger charge is -2.04. The second-order valence-corrected chi connectivity index (χ2v) is 5.51. The molecule has 0 aliphatic rings. The lowest BCUT2D eigenvalue weighted by molar-refractivity contribution is 0.102. The average Bonchev–Trinajstić information content (AvgIpc) is 2.91. The van der Waals surface area contributed by atoms with Crippen molar-refractivity contribution < 1.29 is 4.79 Å². The van der Waals surface area contributed by atoms with Gasteiger partial charge in [-0.2, -0.15) is 5.26 Å². The normalized spacial score (nSPS) is 10.4. The number of nitriles is 1. The number of pyridine rings is 1. The number of nitrogens with zero attached hydrogens (tertiary/aromatic N) is 2. The maximum Gasteiger partial charge on any atom is 0.169 e. The molecular formula is C16H10N2OS. The fraction of sp³-hybridized carbons (Fsp3) is 0.0625. The molecule has 96 valence electrons. The topological polar surface area (TPSA) is 53.8 Å². The van der Waals surface area contributed by atoms with Crippen LogP contribution in [0.25, 0.3) is 21.2 Å². The summed E-state index contributed by atoms with van der Waals surface area (Å²) in [5.74, 6) is 0.0470. The Labute approximate surface area is 120 Å². The Balaban J connectivity index is 2.32.